The molecule has 0 radical (unpaired) electrons. The van der Waals surface area contributed by atoms with Crippen molar-refractivity contribution in [1.82, 2.24) is 9.88 Å². The normalized spacial score (nSPS) is 17.0. The van der Waals surface area contributed by atoms with Crippen LogP contribution in [0.2, 0.25) is 0 Å². The van der Waals surface area contributed by atoms with Crippen LogP contribution in [0.25, 0.3) is 0 Å². The van der Waals surface area contributed by atoms with Gasteiger partial charge >= 0.3 is 0 Å². The Hall–Kier alpha value is -2.56. The van der Waals surface area contributed by atoms with Crippen LogP contribution < -0.4 is 9.47 Å². The molecule has 5 heteroatoms. The van der Waals surface area contributed by atoms with Crippen molar-refractivity contribution in [2.45, 2.75) is 38.8 Å². The molecule has 0 aliphatic carbocycles. The standard InChI is InChI=1S/C20H24N2O3/c1-14(2)25-18-7-6-16(13-19(18)24-3)20(23)22-12-4-5-17(22)15-8-10-21-11-9-15/h6-11,13-14,17H,4-5,12H2,1-3H3/t17-/m1/s1. The Morgan fingerprint density at radius 1 is 1.20 bits per heavy atom. The first-order valence-electron chi connectivity index (χ1n) is 8.65. The molecule has 2 aromatic rings. The number of hydrogen-bond acceptors (Lipinski definition) is 4. The molecule has 1 amide bonds. The van der Waals surface area contributed by atoms with Crippen molar-refractivity contribution < 1.29 is 14.3 Å². The number of pyridine rings is 1. The van der Waals surface area contributed by atoms with Gasteiger partial charge in [-0.05, 0) is 62.6 Å². The Morgan fingerprint density at radius 2 is 1.96 bits per heavy atom. The zero-order valence-electron chi connectivity index (χ0n) is 14.9. The Bertz CT molecular complexity index is 731. The van der Waals surface area contributed by atoms with E-state index in [-0.39, 0.29) is 18.1 Å². The molecule has 1 saturated heterocycles. The molecule has 0 saturated carbocycles. The number of ether oxygens (including phenoxy) is 2. The van der Waals surface area contributed by atoms with Gasteiger partial charge < -0.3 is 14.4 Å². The monoisotopic (exact) mass is 340 g/mol. The van der Waals surface area contributed by atoms with Gasteiger partial charge in [-0.15, -0.1) is 0 Å². The molecule has 0 bridgehead atoms. The van der Waals surface area contributed by atoms with Crippen LogP contribution in [-0.2, 0) is 0 Å². The summed E-state index contributed by atoms with van der Waals surface area (Å²) >= 11 is 0. The summed E-state index contributed by atoms with van der Waals surface area (Å²) in [6, 6.07) is 9.45. The van der Waals surface area contributed by atoms with Gasteiger partial charge in [0.1, 0.15) is 0 Å². The first-order valence-corrected chi connectivity index (χ1v) is 8.65. The zero-order chi connectivity index (χ0) is 17.8. The molecule has 1 aliphatic heterocycles. The molecule has 132 valence electrons. The minimum absolute atomic E-state index is 0.0220. The predicted octanol–water partition coefficient (Wildman–Crippen LogP) is 3.85. The lowest BCUT2D eigenvalue weighted by molar-refractivity contribution is 0.0735. The van der Waals surface area contributed by atoms with Gasteiger partial charge in [-0.1, -0.05) is 0 Å². The van der Waals surface area contributed by atoms with Crippen LogP contribution in [0, 0.1) is 0 Å². The van der Waals surface area contributed by atoms with Gasteiger partial charge in [0, 0.05) is 24.5 Å². The van der Waals surface area contributed by atoms with Crippen LogP contribution in [0.4, 0.5) is 0 Å². The van der Waals surface area contributed by atoms with Crippen molar-refractivity contribution in [2.75, 3.05) is 13.7 Å². The molecule has 2 heterocycles. The first kappa shape index (κ1) is 17.3. The lowest BCUT2D eigenvalue weighted by Gasteiger charge is -2.25. The van der Waals surface area contributed by atoms with E-state index >= 15 is 0 Å². The molecule has 1 aromatic heterocycles. The largest absolute Gasteiger partial charge is 0.493 e. The van der Waals surface area contributed by atoms with Gasteiger partial charge in [0.25, 0.3) is 5.91 Å². The molecule has 0 spiro atoms. The van der Waals surface area contributed by atoms with Crippen LogP contribution in [0.1, 0.15) is 48.7 Å². The average molecular weight is 340 g/mol. The number of hydrogen-bond donors (Lipinski definition) is 0. The summed E-state index contributed by atoms with van der Waals surface area (Å²) in [5, 5.41) is 0. The van der Waals surface area contributed by atoms with Crippen molar-refractivity contribution in [3.8, 4) is 11.5 Å². The third-order valence-electron chi connectivity index (χ3n) is 4.38. The summed E-state index contributed by atoms with van der Waals surface area (Å²) in [5.41, 5.74) is 1.75. The van der Waals surface area contributed by atoms with Crippen LogP contribution in [-0.4, -0.2) is 35.5 Å². The second-order valence-corrected chi connectivity index (χ2v) is 6.47. The third kappa shape index (κ3) is 3.76. The van der Waals surface area contributed by atoms with E-state index < -0.39 is 0 Å². The Labute approximate surface area is 148 Å². The fourth-order valence-corrected chi connectivity index (χ4v) is 3.26. The number of likely N-dealkylation sites (tertiary alicyclic amines) is 1. The van der Waals surface area contributed by atoms with Crippen LogP contribution in [0.5, 0.6) is 11.5 Å². The fraction of sp³-hybridized carbons (Fsp3) is 0.400. The minimum atomic E-state index is 0.0220. The number of carbonyl (C=O) groups is 1. The smallest absolute Gasteiger partial charge is 0.254 e. The maximum absolute atomic E-state index is 13.0. The van der Waals surface area contributed by atoms with E-state index in [0.29, 0.717) is 17.1 Å². The predicted molar refractivity (Wildman–Crippen MR) is 96.0 cm³/mol. The van der Waals surface area contributed by atoms with Crippen molar-refractivity contribution in [3.63, 3.8) is 0 Å². The maximum Gasteiger partial charge on any atom is 0.254 e. The molecule has 5 nitrogen and oxygen atoms in total. The van der Waals surface area contributed by atoms with Gasteiger partial charge in [-0.3, -0.25) is 9.78 Å². The van der Waals surface area contributed by atoms with Gasteiger partial charge in [0.05, 0.1) is 19.3 Å². The van der Waals surface area contributed by atoms with E-state index in [1.54, 1.807) is 25.6 Å². The number of carbonyl (C=O) groups excluding carboxylic acids is 1. The van der Waals surface area contributed by atoms with Crippen LogP contribution in [0.3, 0.4) is 0 Å². The molecule has 1 aliphatic rings. The van der Waals surface area contributed by atoms with E-state index in [2.05, 4.69) is 4.98 Å². The summed E-state index contributed by atoms with van der Waals surface area (Å²) in [4.78, 5) is 19.1. The molecule has 0 unspecified atom stereocenters. The lowest BCUT2D eigenvalue weighted by atomic mass is 10.1. The highest BCUT2D eigenvalue weighted by molar-refractivity contribution is 5.95. The van der Waals surface area contributed by atoms with E-state index in [9.17, 15) is 4.79 Å². The minimum Gasteiger partial charge on any atom is -0.493 e. The van der Waals surface area contributed by atoms with Gasteiger partial charge in [-0.25, -0.2) is 0 Å². The average Bonchev–Trinajstić information content (AvgIpc) is 3.11. The third-order valence-corrected chi connectivity index (χ3v) is 4.38. The zero-order valence-corrected chi connectivity index (χ0v) is 14.9. The van der Waals surface area contributed by atoms with Crippen molar-refractivity contribution >= 4 is 5.91 Å². The maximum atomic E-state index is 13.0. The molecule has 0 N–H and O–H groups in total. The SMILES string of the molecule is COc1cc(C(=O)N2CCC[C@@H]2c2ccncc2)ccc1OC(C)C. The summed E-state index contributed by atoms with van der Waals surface area (Å²) in [6.45, 7) is 4.68. The Morgan fingerprint density at radius 3 is 2.64 bits per heavy atom. The highest BCUT2D eigenvalue weighted by atomic mass is 16.5. The summed E-state index contributed by atoms with van der Waals surface area (Å²) in [6.07, 6.45) is 5.57. The number of aromatic nitrogens is 1. The summed E-state index contributed by atoms with van der Waals surface area (Å²) in [5.74, 6) is 1.26. The molecule has 25 heavy (non-hydrogen) atoms. The van der Waals surface area contributed by atoms with Gasteiger partial charge in [0.15, 0.2) is 11.5 Å². The van der Waals surface area contributed by atoms with Gasteiger partial charge in [-0.2, -0.15) is 0 Å². The second-order valence-electron chi connectivity index (χ2n) is 6.47. The lowest BCUT2D eigenvalue weighted by Crippen LogP contribution is -2.30. The molecule has 1 fully saturated rings. The van der Waals surface area contributed by atoms with E-state index in [4.69, 9.17) is 9.47 Å². The highest BCUT2D eigenvalue weighted by Crippen LogP contribution is 2.35. The summed E-state index contributed by atoms with van der Waals surface area (Å²) < 4.78 is 11.1. The number of amides is 1. The number of benzene rings is 1. The topological polar surface area (TPSA) is 51.7 Å². The summed E-state index contributed by atoms with van der Waals surface area (Å²) in [7, 11) is 1.59. The number of methoxy groups -OCH3 is 1. The molecule has 3 rings (SSSR count). The van der Waals surface area contributed by atoms with Crippen LogP contribution in [0.15, 0.2) is 42.7 Å². The van der Waals surface area contributed by atoms with Crippen molar-refractivity contribution in [3.05, 3.63) is 53.9 Å². The van der Waals surface area contributed by atoms with E-state index in [1.807, 2.05) is 43.0 Å². The Balaban J connectivity index is 1.85. The molecular weight excluding hydrogens is 316 g/mol. The molecule has 1 atom stereocenters. The number of rotatable bonds is 5. The first-order chi connectivity index (χ1) is 12.1. The molecule has 1 aromatic carbocycles. The van der Waals surface area contributed by atoms with E-state index in [1.165, 1.54) is 0 Å². The number of nitrogens with zero attached hydrogens (tertiary/aromatic N) is 2. The van der Waals surface area contributed by atoms with Crippen molar-refractivity contribution in [2.24, 2.45) is 0 Å². The second kappa shape index (κ2) is 7.55. The molecular formula is C20H24N2O3. The van der Waals surface area contributed by atoms with E-state index in [0.717, 1.165) is 24.9 Å². The Kier molecular flexibility index (Phi) is 5.22. The van der Waals surface area contributed by atoms with Crippen molar-refractivity contribution in [1.29, 1.82) is 0 Å². The highest BCUT2D eigenvalue weighted by Gasteiger charge is 2.31. The quantitative estimate of drug-likeness (QED) is 0.829. The van der Waals surface area contributed by atoms with Crippen LogP contribution >= 0.6 is 0 Å². The van der Waals surface area contributed by atoms with Gasteiger partial charge in [0.2, 0.25) is 0 Å². The fourth-order valence-electron chi connectivity index (χ4n) is 3.26.